The van der Waals surface area contributed by atoms with Crippen molar-refractivity contribution >= 4 is 5.97 Å². The van der Waals surface area contributed by atoms with Gasteiger partial charge in [-0.05, 0) is 48.0 Å². The predicted octanol–water partition coefficient (Wildman–Crippen LogP) is 5.48. The molecule has 0 fully saturated rings. The molecule has 0 unspecified atom stereocenters. The molecule has 0 aliphatic heterocycles. The van der Waals surface area contributed by atoms with Gasteiger partial charge in [0.2, 0.25) is 0 Å². The monoisotopic (exact) mass is 507 g/mol. The second kappa shape index (κ2) is 38.5. The van der Waals surface area contributed by atoms with Gasteiger partial charge in [0.25, 0.3) is 0 Å². The second-order valence-corrected chi connectivity index (χ2v) is 7.93. The van der Waals surface area contributed by atoms with Crippen LogP contribution in [-0.4, -0.2) is 57.9 Å². The largest absolute Gasteiger partial charge is 0.480 e. The van der Waals surface area contributed by atoms with Crippen molar-refractivity contribution in [3.8, 4) is 0 Å². The van der Waals surface area contributed by atoms with Crippen LogP contribution in [0.25, 0.3) is 0 Å². The molecule has 0 bridgehead atoms. The maximum atomic E-state index is 10.1. The van der Waals surface area contributed by atoms with Crippen LogP contribution in [0.3, 0.4) is 0 Å². The van der Waals surface area contributed by atoms with Gasteiger partial charge in [0.15, 0.2) is 0 Å². The molecule has 4 N–H and O–H groups in total. The summed E-state index contributed by atoms with van der Waals surface area (Å²) in [6, 6.07) is 12.5. The molecular weight excluding hydrogens is 456 g/mol. The van der Waals surface area contributed by atoms with Gasteiger partial charge in [-0.15, -0.1) is 0 Å². The molecule has 0 aliphatic carbocycles. The molecule has 7 heteroatoms. The number of ether oxygens (including phenoxy) is 1. The van der Waals surface area contributed by atoms with E-state index in [1.165, 1.54) is 32.1 Å². The third-order valence-corrected chi connectivity index (χ3v) is 2.72. The summed E-state index contributed by atoms with van der Waals surface area (Å²) in [5, 5.41) is 32.5. The standard InChI is InChI=1S/C11H22O3.C6H5.3C3H8O.Ti/c1-2-3-4-5-6-7-8-9-14-10-11(12)13;1-2-4-6-5-3-1;3*1-3(2)4;/h2-10H2,1H3,(H,12,13);1-5H;3*3-4H,1-2H3;/q;-1;;;;. The summed E-state index contributed by atoms with van der Waals surface area (Å²) in [6.45, 7) is 13.0. The Kier molecular flexibility index (Phi) is 49.5. The number of carboxylic acids is 1. The van der Waals surface area contributed by atoms with Crippen molar-refractivity contribution in [2.45, 2.75) is 112 Å². The van der Waals surface area contributed by atoms with E-state index in [2.05, 4.69) is 13.0 Å². The van der Waals surface area contributed by atoms with Crippen LogP contribution in [-0.2, 0) is 31.2 Å². The zero-order valence-electron chi connectivity index (χ0n) is 22.1. The number of carboxylic acid groups (broad SMARTS) is 1. The Hall–Kier alpha value is -0.756. The van der Waals surface area contributed by atoms with Crippen molar-refractivity contribution in [2.24, 2.45) is 0 Å². The third-order valence-electron chi connectivity index (χ3n) is 2.72. The van der Waals surface area contributed by atoms with Crippen molar-refractivity contribution < 1.29 is 51.7 Å². The fourth-order valence-corrected chi connectivity index (χ4v) is 1.66. The number of benzene rings is 1. The summed E-state index contributed by atoms with van der Waals surface area (Å²) in [6.07, 6.45) is 8.12. The Morgan fingerprint density at radius 3 is 1.39 bits per heavy atom. The molecule has 0 heterocycles. The summed E-state index contributed by atoms with van der Waals surface area (Å²) in [5.41, 5.74) is 0. The Morgan fingerprint density at radius 1 is 0.758 bits per heavy atom. The van der Waals surface area contributed by atoms with Gasteiger partial charge in [-0.25, -0.2) is 4.79 Å². The molecule has 0 aromatic heterocycles. The minimum atomic E-state index is -0.882. The summed E-state index contributed by atoms with van der Waals surface area (Å²) in [7, 11) is 0. The number of unbranched alkanes of at least 4 members (excludes halogenated alkanes) is 6. The van der Waals surface area contributed by atoms with Crippen LogP contribution < -0.4 is 0 Å². The summed E-state index contributed by atoms with van der Waals surface area (Å²) >= 11 is 0. The molecule has 1 aromatic carbocycles. The Labute approximate surface area is 218 Å². The fourth-order valence-electron chi connectivity index (χ4n) is 1.66. The van der Waals surface area contributed by atoms with Gasteiger partial charge in [-0.2, -0.15) is 36.4 Å². The van der Waals surface area contributed by atoms with E-state index in [-0.39, 0.29) is 46.6 Å². The number of hydrogen-bond acceptors (Lipinski definition) is 5. The number of aliphatic carboxylic acids is 1. The van der Waals surface area contributed by atoms with E-state index in [9.17, 15) is 4.79 Å². The zero-order valence-corrected chi connectivity index (χ0v) is 23.6. The van der Waals surface area contributed by atoms with Gasteiger partial charge in [0, 0.05) is 46.6 Å². The molecular formula is C26H51O6Ti-. The van der Waals surface area contributed by atoms with E-state index in [4.69, 9.17) is 25.2 Å². The molecule has 33 heavy (non-hydrogen) atoms. The molecule has 6 nitrogen and oxygen atoms in total. The second-order valence-electron chi connectivity index (χ2n) is 7.93. The summed E-state index contributed by atoms with van der Waals surface area (Å²) < 4.78 is 4.92. The van der Waals surface area contributed by atoms with E-state index in [1.54, 1.807) is 41.5 Å². The van der Waals surface area contributed by atoms with Gasteiger partial charge in [-0.3, -0.25) is 0 Å². The van der Waals surface area contributed by atoms with Gasteiger partial charge in [0.05, 0.1) is 0 Å². The van der Waals surface area contributed by atoms with Gasteiger partial charge < -0.3 is 25.2 Å². The third kappa shape index (κ3) is 101. The minimum Gasteiger partial charge on any atom is -0.480 e. The Balaban J connectivity index is -0.000000114. The first-order valence-electron chi connectivity index (χ1n) is 11.7. The van der Waals surface area contributed by atoms with Crippen LogP contribution in [0.5, 0.6) is 0 Å². The van der Waals surface area contributed by atoms with E-state index in [0.29, 0.717) is 6.61 Å². The number of aliphatic hydroxyl groups excluding tert-OH is 3. The molecule has 0 saturated heterocycles. The molecule has 0 aliphatic rings. The molecule has 0 amide bonds. The van der Waals surface area contributed by atoms with E-state index >= 15 is 0 Å². The van der Waals surface area contributed by atoms with Gasteiger partial charge >= 0.3 is 5.97 Å². The van der Waals surface area contributed by atoms with Crippen molar-refractivity contribution in [1.29, 1.82) is 0 Å². The quantitative estimate of drug-likeness (QED) is 0.190. The SMILES string of the molecule is CC(C)O.CC(C)O.CC(C)O.CCCCCCCCCOCC(=O)O.[Ti].[c-]1ccccc1. The van der Waals surface area contributed by atoms with Gasteiger partial charge in [-0.1, -0.05) is 45.4 Å². The molecule has 1 rings (SSSR count). The van der Waals surface area contributed by atoms with Crippen molar-refractivity contribution in [3.63, 3.8) is 0 Å². The van der Waals surface area contributed by atoms with Crippen LogP contribution in [0.2, 0.25) is 0 Å². The van der Waals surface area contributed by atoms with Crippen LogP contribution in [0.15, 0.2) is 30.3 Å². The molecule has 0 radical (unpaired) electrons. The molecule has 0 spiro atoms. The van der Waals surface area contributed by atoms with Crippen LogP contribution in [0.4, 0.5) is 0 Å². The maximum absolute atomic E-state index is 10.1. The van der Waals surface area contributed by atoms with Crippen LogP contribution in [0, 0.1) is 6.07 Å². The van der Waals surface area contributed by atoms with E-state index < -0.39 is 5.97 Å². The van der Waals surface area contributed by atoms with Gasteiger partial charge in [0.1, 0.15) is 6.61 Å². The van der Waals surface area contributed by atoms with E-state index in [0.717, 1.165) is 12.8 Å². The maximum Gasteiger partial charge on any atom is 0.329 e. The normalized spacial score (nSPS) is 9.12. The minimum absolute atomic E-state index is 0. The summed E-state index contributed by atoms with van der Waals surface area (Å²) in [4.78, 5) is 10.1. The molecule has 1 aromatic rings. The average molecular weight is 508 g/mol. The Morgan fingerprint density at radius 2 is 1.12 bits per heavy atom. The molecule has 0 atom stereocenters. The van der Waals surface area contributed by atoms with Crippen molar-refractivity contribution in [1.82, 2.24) is 0 Å². The van der Waals surface area contributed by atoms with Crippen molar-refractivity contribution in [2.75, 3.05) is 13.2 Å². The van der Waals surface area contributed by atoms with E-state index in [1.807, 2.05) is 30.3 Å². The van der Waals surface area contributed by atoms with Crippen LogP contribution >= 0.6 is 0 Å². The summed E-state index contributed by atoms with van der Waals surface area (Å²) in [5.74, 6) is -0.882. The molecule has 0 saturated carbocycles. The smallest absolute Gasteiger partial charge is 0.329 e. The first-order valence-corrected chi connectivity index (χ1v) is 11.7. The Bertz CT molecular complexity index is 379. The van der Waals surface area contributed by atoms with Crippen molar-refractivity contribution in [3.05, 3.63) is 36.4 Å². The molecule has 196 valence electrons. The first kappa shape index (κ1) is 42.4. The topological polar surface area (TPSA) is 107 Å². The predicted molar refractivity (Wildman–Crippen MR) is 134 cm³/mol. The van der Waals surface area contributed by atoms with Crippen LogP contribution in [0.1, 0.15) is 93.4 Å². The fraction of sp³-hybridized carbons (Fsp3) is 0.731. The number of rotatable bonds is 10. The number of aliphatic hydroxyl groups is 3. The average Bonchev–Trinajstić information content (AvgIpc) is 2.67. The number of hydrogen-bond donors (Lipinski definition) is 4. The first-order chi connectivity index (χ1) is 15.0. The number of carbonyl (C=O) groups is 1. The zero-order chi connectivity index (χ0) is 25.6.